The molecule has 0 bridgehead atoms. The average Bonchev–Trinajstić information content (AvgIpc) is 2.72. The van der Waals surface area contributed by atoms with Crippen LogP contribution in [0, 0.1) is 17.6 Å². The molecule has 2 N–H and O–H groups in total. The summed E-state index contributed by atoms with van der Waals surface area (Å²) >= 11 is 3.23. The second kappa shape index (κ2) is 10.5. The largest absolute Gasteiger partial charge is 0.342 e. The summed E-state index contributed by atoms with van der Waals surface area (Å²) < 4.78 is 27.8. The topological polar surface area (TPSA) is 61.4 Å². The maximum atomic E-state index is 13.9. The minimum Gasteiger partial charge on any atom is -0.342 e. The highest BCUT2D eigenvalue weighted by Gasteiger charge is 2.24. The van der Waals surface area contributed by atoms with Gasteiger partial charge in [0, 0.05) is 36.2 Å². The predicted molar refractivity (Wildman–Crippen MR) is 115 cm³/mol. The van der Waals surface area contributed by atoms with Crippen LogP contribution in [0.5, 0.6) is 0 Å². The normalized spacial score (nSPS) is 16.2. The molecule has 8 heteroatoms. The fraction of sp³-hybridized carbons (Fsp3) is 0.364. The molecule has 0 radical (unpaired) electrons. The summed E-state index contributed by atoms with van der Waals surface area (Å²) in [6.07, 6.45) is 2.37. The van der Waals surface area contributed by atoms with Crippen molar-refractivity contribution in [1.29, 1.82) is 0 Å². The number of nitrogens with zero attached hydrogens (tertiary/aromatic N) is 1. The Kier molecular flexibility index (Phi) is 7.79. The number of hydrogen-bond acceptors (Lipinski definition) is 2. The van der Waals surface area contributed by atoms with Crippen LogP contribution in [0.4, 0.5) is 19.3 Å². The number of hydrogen-bond donors (Lipinski definition) is 2. The number of benzene rings is 2. The van der Waals surface area contributed by atoms with Crippen LogP contribution < -0.4 is 10.6 Å². The lowest BCUT2D eigenvalue weighted by Crippen LogP contribution is -2.44. The Morgan fingerprint density at radius 2 is 2.00 bits per heavy atom. The first-order valence-corrected chi connectivity index (χ1v) is 10.7. The number of likely N-dealkylation sites (tertiary alicyclic amines) is 1. The summed E-state index contributed by atoms with van der Waals surface area (Å²) in [4.78, 5) is 26.4. The number of halogens is 3. The molecular formula is C22H24BrF2N3O2. The molecule has 1 saturated heterocycles. The first-order chi connectivity index (χ1) is 14.4. The molecule has 2 aromatic carbocycles. The van der Waals surface area contributed by atoms with Crippen molar-refractivity contribution in [2.24, 2.45) is 5.92 Å². The van der Waals surface area contributed by atoms with Crippen molar-refractivity contribution in [3.05, 3.63) is 64.1 Å². The highest BCUT2D eigenvalue weighted by Crippen LogP contribution is 2.20. The third-order valence-corrected chi connectivity index (χ3v) is 5.62. The Labute approximate surface area is 183 Å². The Hall–Kier alpha value is -2.48. The summed E-state index contributed by atoms with van der Waals surface area (Å²) in [5.74, 6) is -0.601. The number of urea groups is 1. The van der Waals surface area contributed by atoms with Crippen LogP contribution in [0.1, 0.15) is 24.8 Å². The third-order valence-electron chi connectivity index (χ3n) is 5.13. The van der Waals surface area contributed by atoms with Crippen LogP contribution in [-0.2, 0) is 11.2 Å². The second-order valence-corrected chi connectivity index (χ2v) is 8.34. The number of amides is 3. The second-order valence-electron chi connectivity index (χ2n) is 7.43. The fourth-order valence-corrected chi connectivity index (χ4v) is 3.89. The molecule has 160 valence electrons. The van der Waals surface area contributed by atoms with E-state index >= 15 is 0 Å². The van der Waals surface area contributed by atoms with E-state index < -0.39 is 11.8 Å². The van der Waals surface area contributed by atoms with Crippen LogP contribution in [0.15, 0.2) is 46.9 Å². The van der Waals surface area contributed by atoms with E-state index in [4.69, 9.17) is 0 Å². The van der Waals surface area contributed by atoms with Gasteiger partial charge in [0.25, 0.3) is 0 Å². The molecule has 0 spiro atoms. The Morgan fingerprint density at radius 1 is 1.17 bits per heavy atom. The van der Waals surface area contributed by atoms with Gasteiger partial charge in [0.2, 0.25) is 5.91 Å². The van der Waals surface area contributed by atoms with Crippen LogP contribution >= 0.6 is 15.9 Å². The first-order valence-electron chi connectivity index (χ1n) is 9.93. The number of anilines is 1. The van der Waals surface area contributed by atoms with E-state index in [1.807, 2.05) is 0 Å². The SMILES string of the molecule is O=C(NCC1CCCN(C(=O)CCc2ccc(Br)cc2F)C1)Nc1cccc(F)c1. The van der Waals surface area contributed by atoms with Crippen molar-refractivity contribution in [3.8, 4) is 0 Å². The van der Waals surface area contributed by atoms with Gasteiger partial charge < -0.3 is 15.5 Å². The Morgan fingerprint density at radius 3 is 2.77 bits per heavy atom. The van der Waals surface area contributed by atoms with Crippen molar-refractivity contribution < 1.29 is 18.4 Å². The quantitative estimate of drug-likeness (QED) is 0.629. The minimum absolute atomic E-state index is 0.00812. The van der Waals surface area contributed by atoms with Gasteiger partial charge in [0.15, 0.2) is 0 Å². The van der Waals surface area contributed by atoms with Gasteiger partial charge in [-0.2, -0.15) is 0 Å². The van der Waals surface area contributed by atoms with Crippen LogP contribution in [0.3, 0.4) is 0 Å². The van der Waals surface area contributed by atoms with Gasteiger partial charge >= 0.3 is 6.03 Å². The molecule has 1 aliphatic rings. The van der Waals surface area contributed by atoms with E-state index in [1.165, 1.54) is 24.3 Å². The number of nitrogens with one attached hydrogen (secondary N) is 2. The molecule has 5 nitrogen and oxygen atoms in total. The molecule has 1 atom stereocenters. The number of carbonyl (C=O) groups excluding carboxylic acids is 2. The van der Waals surface area contributed by atoms with E-state index in [2.05, 4.69) is 26.6 Å². The van der Waals surface area contributed by atoms with Crippen molar-refractivity contribution in [1.82, 2.24) is 10.2 Å². The van der Waals surface area contributed by atoms with Gasteiger partial charge in [-0.05, 0) is 61.1 Å². The summed E-state index contributed by atoms with van der Waals surface area (Å²) in [5, 5.41) is 5.38. The monoisotopic (exact) mass is 479 g/mol. The van der Waals surface area contributed by atoms with E-state index in [0.717, 1.165) is 12.8 Å². The van der Waals surface area contributed by atoms with Gasteiger partial charge in [0.1, 0.15) is 11.6 Å². The average molecular weight is 480 g/mol. The summed E-state index contributed by atoms with van der Waals surface area (Å²) in [5.41, 5.74) is 0.906. The molecule has 1 aliphatic heterocycles. The van der Waals surface area contributed by atoms with Crippen molar-refractivity contribution in [3.63, 3.8) is 0 Å². The maximum Gasteiger partial charge on any atom is 0.319 e. The predicted octanol–water partition coefficient (Wildman–Crippen LogP) is 4.72. The zero-order chi connectivity index (χ0) is 21.5. The lowest BCUT2D eigenvalue weighted by Gasteiger charge is -2.33. The van der Waals surface area contributed by atoms with Crippen LogP contribution in [-0.4, -0.2) is 36.5 Å². The summed E-state index contributed by atoms with van der Waals surface area (Å²) in [6, 6.07) is 10.1. The van der Waals surface area contributed by atoms with Crippen molar-refractivity contribution in [2.75, 3.05) is 25.0 Å². The number of piperidine rings is 1. The molecule has 30 heavy (non-hydrogen) atoms. The summed E-state index contributed by atoms with van der Waals surface area (Å²) in [7, 11) is 0. The smallest absolute Gasteiger partial charge is 0.319 e. The molecule has 1 heterocycles. The lowest BCUT2D eigenvalue weighted by molar-refractivity contribution is -0.132. The van der Waals surface area contributed by atoms with Gasteiger partial charge in [-0.3, -0.25) is 4.79 Å². The standard InChI is InChI=1S/C22H24BrF2N3O2/c23-17-8-6-16(20(25)11-17)7-9-21(29)28-10-2-3-15(14-28)13-26-22(30)27-19-5-1-4-18(24)12-19/h1,4-6,8,11-12,15H,2-3,7,9-10,13-14H2,(H2,26,27,30). The Bertz CT molecular complexity index is 910. The van der Waals surface area contributed by atoms with Crippen LogP contribution in [0.2, 0.25) is 0 Å². The Balaban J connectivity index is 1.44. The molecule has 0 aliphatic carbocycles. The van der Waals surface area contributed by atoms with Gasteiger partial charge in [-0.1, -0.05) is 28.1 Å². The van der Waals surface area contributed by atoms with Gasteiger partial charge in [-0.15, -0.1) is 0 Å². The van der Waals surface area contributed by atoms with Gasteiger partial charge in [-0.25, -0.2) is 13.6 Å². The minimum atomic E-state index is -0.419. The van der Waals surface area contributed by atoms with E-state index in [1.54, 1.807) is 23.1 Å². The van der Waals surface area contributed by atoms with E-state index in [9.17, 15) is 18.4 Å². The highest BCUT2D eigenvalue weighted by atomic mass is 79.9. The lowest BCUT2D eigenvalue weighted by atomic mass is 9.97. The van der Waals surface area contributed by atoms with E-state index in [0.29, 0.717) is 41.8 Å². The molecule has 0 aromatic heterocycles. The zero-order valence-electron chi connectivity index (χ0n) is 16.5. The van der Waals surface area contributed by atoms with Crippen molar-refractivity contribution in [2.45, 2.75) is 25.7 Å². The number of rotatable bonds is 6. The molecule has 3 rings (SSSR count). The summed E-state index contributed by atoms with van der Waals surface area (Å²) in [6.45, 7) is 1.65. The van der Waals surface area contributed by atoms with E-state index in [-0.39, 0.29) is 24.1 Å². The molecule has 3 amide bonds. The third kappa shape index (κ3) is 6.52. The molecular weight excluding hydrogens is 456 g/mol. The molecule has 2 aromatic rings. The first kappa shape index (κ1) is 22.2. The maximum absolute atomic E-state index is 13.9. The number of carbonyl (C=O) groups is 2. The highest BCUT2D eigenvalue weighted by molar-refractivity contribution is 9.10. The molecule has 1 fully saturated rings. The van der Waals surface area contributed by atoms with Crippen molar-refractivity contribution >= 4 is 33.6 Å². The molecule has 1 unspecified atom stereocenters. The zero-order valence-corrected chi connectivity index (χ0v) is 18.1. The number of aryl methyl sites for hydroxylation is 1. The molecule has 0 saturated carbocycles. The van der Waals surface area contributed by atoms with Crippen LogP contribution in [0.25, 0.3) is 0 Å². The fourth-order valence-electron chi connectivity index (χ4n) is 3.56. The van der Waals surface area contributed by atoms with Gasteiger partial charge in [0.05, 0.1) is 0 Å².